The fraction of sp³-hybridized carbons (Fsp3) is 0.167. The van der Waals surface area contributed by atoms with E-state index in [1.807, 2.05) is 6.07 Å². The molecule has 2 aromatic heterocycles. The third kappa shape index (κ3) is 3.55. The summed E-state index contributed by atoms with van der Waals surface area (Å²) < 4.78 is 0. The Morgan fingerprint density at radius 2 is 2.16 bits per heavy atom. The number of nitrogens with one attached hydrogen (secondary N) is 1. The van der Waals surface area contributed by atoms with E-state index in [2.05, 4.69) is 15.0 Å². The van der Waals surface area contributed by atoms with Crippen LogP contribution in [-0.2, 0) is 10.4 Å². The van der Waals surface area contributed by atoms with Gasteiger partial charge < -0.3 is 15.8 Å². The lowest BCUT2D eigenvalue weighted by molar-refractivity contribution is -0.113. The molecule has 0 saturated heterocycles. The predicted molar refractivity (Wildman–Crippen MR) is 97.8 cm³/mol. The van der Waals surface area contributed by atoms with Gasteiger partial charge >= 0.3 is 0 Å². The molecule has 25 heavy (non-hydrogen) atoms. The number of carbonyl (C=O) groups is 1. The predicted octanol–water partition coefficient (Wildman–Crippen LogP) is 3.00. The Morgan fingerprint density at radius 3 is 2.80 bits per heavy atom. The van der Waals surface area contributed by atoms with Gasteiger partial charge in [-0.15, -0.1) is 0 Å². The lowest BCUT2D eigenvalue weighted by atomic mass is 9.96. The number of aliphatic hydroxyl groups is 1. The van der Waals surface area contributed by atoms with Gasteiger partial charge in [0, 0.05) is 34.0 Å². The van der Waals surface area contributed by atoms with E-state index in [4.69, 9.17) is 17.3 Å². The van der Waals surface area contributed by atoms with Crippen molar-refractivity contribution in [3.05, 3.63) is 52.8 Å². The second-order valence-electron chi connectivity index (χ2n) is 6.19. The first kappa shape index (κ1) is 17.1. The van der Waals surface area contributed by atoms with Crippen LogP contribution in [0.1, 0.15) is 25.0 Å². The summed E-state index contributed by atoms with van der Waals surface area (Å²) in [5.41, 5.74) is 8.08. The van der Waals surface area contributed by atoms with Gasteiger partial charge in [0.1, 0.15) is 5.52 Å². The molecule has 0 radical (unpaired) electrons. The zero-order chi connectivity index (χ0) is 18.2. The van der Waals surface area contributed by atoms with E-state index in [0.717, 1.165) is 5.56 Å². The molecule has 3 rings (SSSR count). The van der Waals surface area contributed by atoms with Crippen LogP contribution in [0.3, 0.4) is 0 Å². The van der Waals surface area contributed by atoms with Crippen LogP contribution in [0.25, 0.3) is 28.5 Å². The number of hydrogen-bond donors (Lipinski definition) is 3. The van der Waals surface area contributed by atoms with Crippen LogP contribution in [0, 0.1) is 0 Å². The number of hydrogen-bond acceptors (Lipinski definition) is 4. The molecule has 2 heterocycles. The SMILES string of the molecule is CC(C)(O)c1ccc(-c2cnc3[nH]cc(C=CC(N)=O)c3n2)cc1Cl. The van der Waals surface area contributed by atoms with Crippen molar-refractivity contribution < 1.29 is 9.90 Å². The number of aromatic nitrogens is 3. The van der Waals surface area contributed by atoms with Gasteiger partial charge in [-0.2, -0.15) is 0 Å². The molecule has 1 aromatic carbocycles. The summed E-state index contributed by atoms with van der Waals surface area (Å²) >= 11 is 6.30. The lowest BCUT2D eigenvalue weighted by Gasteiger charge is -2.19. The molecule has 6 nitrogen and oxygen atoms in total. The zero-order valence-corrected chi connectivity index (χ0v) is 14.5. The van der Waals surface area contributed by atoms with E-state index < -0.39 is 11.5 Å². The molecule has 7 heteroatoms. The van der Waals surface area contributed by atoms with E-state index in [1.54, 1.807) is 44.4 Å². The van der Waals surface area contributed by atoms with Crippen LogP contribution in [0.15, 0.2) is 36.7 Å². The van der Waals surface area contributed by atoms with Crippen molar-refractivity contribution in [2.45, 2.75) is 19.4 Å². The zero-order valence-electron chi connectivity index (χ0n) is 13.7. The summed E-state index contributed by atoms with van der Waals surface area (Å²) in [5, 5.41) is 10.6. The summed E-state index contributed by atoms with van der Waals surface area (Å²) in [4.78, 5) is 22.9. The number of amides is 1. The Labute approximate surface area is 149 Å². The molecular formula is C18H17ClN4O2. The minimum atomic E-state index is -1.03. The maximum Gasteiger partial charge on any atom is 0.241 e. The Balaban J connectivity index is 2.06. The van der Waals surface area contributed by atoms with Crippen LogP contribution < -0.4 is 5.73 Å². The number of rotatable bonds is 4. The van der Waals surface area contributed by atoms with E-state index in [-0.39, 0.29) is 0 Å². The minimum absolute atomic E-state index is 0.454. The van der Waals surface area contributed by atoms with Crippen molar-refractivity contribution >= 4 is 34.7 Å². The highest BCUT2D eigenvalue weighted by molar-refractivity contribution is 6.31. The average molecular weight is 357 g/mol. The van der Waals surface area contributed by atoms with Gasteiger partial charge in [-0.1, -0.05) is 23.7 Å². The minimum Gasteiger partial charge on any atom is -0.386 e. The number of carbonyl (C=O) groups excluding carboxylic acids is 1. The number of nitrogens with two attached hydrogens (primary N) is 1. The van der Waals surface area contributed by atoms with E-state index in [1.165, 1.54) is 6.08 Å². The van der Waals surface area contributed by atoms with Gasteiger partial charge in [-0.25, -0.2) is 9.97 Å². The van der Waals surface area contributed by atoms with Crippen molar-refractivity contribution in [3.8, 4) is 11.3 Å². The molecule has 3 aromatic rings. The third-order valence-corrected chi connectivity index (χ3v) is 4.07. The van der Waals surface area contributed by atoms with Crippen LogP contribution in [0.2, 0.25) is 5.02 Å². The quantitative estimate of drug-likeness (QED) is 0.625. The normalized spacial score (nSPS) is 12.2. The monoisotopic (exact) mass is 356 g/mol. The second kappa shape index (κ2) is 6.31. The lowest BCUT2D eigenvalue weighted by Crippen LogP contribution is -2.15. The number of primary amides is 1. The number of fused-ring (bicyclic) bond motifs is 1. The Morgan fingerprint density at radius 1 is 1.40 bits per heavy atom. The first-order valence-corrected chi connectivity index (χ1v) is 7.98. The summed E-state index contributed by atoms with van der Waals surface area (Å²) in [6.45, 7) is 3.35. The van der Waals surface area contributed by atoms with E-state index in [9.17, 15) is 9.90 Å². The Hall–Kier alpha value is -2.70. The number of H-pyrrole nitrogens is 1. The van der Waals surface area contributed by atoms with Gasteiger partial charge in [0.05, 0.1) is 17.5 Å². The third-order valence-electron chi connectivity index (χ3n) is 3.76. The van der Waals surface area contributed by atoms with Crippen LogP contribution >= 0.6 is 11.6 Å². The van der Waals surface area contributed by atoms with Crippen molar-refractivity contribution in [2.24, 2.45) is 5.73 Å². The van der Waals surface area contributed by atoms with Gasteiger partial charge in [-0.3, -0.25) is 4.79 Å². The molecule has 1 amide bonds. The molecule has 128 valence electrons. The molecule has 0 fully saturated rings. The fourth-order valence-electron chi connectivity index (χ4n) is 2.52. The fourth-order valence-corrected chi connectivity index (χ4v) is 2.93. The van der Waals surface area contributed by atoms with Crippen LogP contribution in [0.5, 0.6) is 0 Å². The highest BCUT2D eigenvalue weighted by Gasteiger charge is 2.20. The van der Waals surface area contributed by atoms with E-state index in [0.29, 0.717) is 33.0 Å². The molecule has 0 atom stereocenters. The maximum atomic E-state index is 10.9. The Bertz CT molecular complexity index is 986. The maximum absolute atomic E-state index is 10.9. The topological polar surface area (TPSA) is 105 Å². The second-order valence-corrected chi connectivity index (χ2v) is 6.59. The molecule has 0 aliphatic carbocycles. The Kier molecular flexibility index (Phi) is 4.32. The van der Waals surface area contributed by atoms with Gasteiger partial charge in [0.15, 0.2) is 5.65 Å². The highest BCUT2D eigenvalue weighted by Crippen LogP contribution is 2.31. The van der Waals surface area contributed by atoms with Crippen molar-refractivity contribution in [2.75, 3.05) is 0 Å². The molecule has 0 aliphatic heterocycles. The molecule has 0 saturated carbocycles. The van der Waals surface area contributed by atoms with Gasteiger partial charge in [-0.05, 0) is 26.0 Å². The van der Waals surface area contributed by atoms with Crippen molar-refractivity contribution in [1.82, 2.24) is 15.0 Å². The smallest absolute Gasteiger partial charge is 0.241 e. The highest BCUT2D eigenvalue weighted by atomic mass is 35.5. The molecule has 0 aliphatic rings. The van der Waals surface area contributed by atoms with Crippen molar-refractivity contribution in [1.29, 1.82) is 0 Å². The standard InChI is InChI=1S/C18H17ClN4O2/c1-18(2,25)12-5-3-10(7-13(12)19)14-9-22-17-16(23-14)11(8-21-17)4-6-15(20)24/h3-9,25H,1-2H3,(H2,20,24)(H,21,22). The van der Waals surface area contributed by atoms with Crippen molar-refractivity contribution in [3.63, 3.8) is 0 Å². The number of nitrogens with zero attached hydrogens (tertiary/aromatic N) is 2. The first-order chi connectivity index (χ1) is 11.8. The largest absolute Gasteiger partial charge is 0.386 e. The van der Waals surface area contributed by atoms with Crippen LogP contribution in [0.4, 0.5) is 0 Å². The van der Waals surface area contributed by atoms with Gasteiger partial charge in [0.25, 0.3) is 0 Å². The molecule has 0 spiro atoms. The number of halogens is 1. The van der Waals surface area contributed by atoms with E-state index >= 15 is 0 Å². The molecule has 0 bridgehead atoms. The average Bonchev–Trinajstić information content (AvgIpc) is 2.93. The first-order valence-electron chi connectivity index (χ1n) is 7.60. The summed E-state index contributed by atoms with van der Waals surface area (Å²) in [6, 6.07) is 5.35. The molecule has 4 N–H and O–H groups in total. The van der Waals surface area contributed by atoms with Gasteiger partial charge in [0.2, 0.25) is 5.91 Å². The van der Waals surface area contributed by atoms with Crippen LogP contribution in [-0.4, -0.2) is 26.0 Å². The summed E-state index contributed by atoms with van der Waals surface area (Å²) in [5.74, 6) is -0.535. The number of benzene rings is 1. The molecule has 0 unspecified atom stereocenters. The summed E-state index contributed by atoms with van der Waals surface area (Å²) in [7, 11) is 0. The molecular weight excluding hydrogens is 340 g/mol. The number of aromatic amines is 1. The summed E-state index contributed by atoms with van der Waals surface area (Å²) in [6.07, 6.45) is 6.20.